The fourth-order valence-electron chi connectivity index (χ4n) is 2.78. The minimum atomic E-state index is -0.136. The van der Waals surface area contributed by atoms with Crippen molar-refractivity contribution in [2.24, 2.45) is 10.2 Å². The summed E-state index contributed by atoms with van der Waals surface area (Å²) in [5, 5.41) is 8.92. The van der Waals surface area contributed by atoms with E-state index in [1.54, 1.807) is 0 Å². The standard InChI is InChI=1S/C19H20N4O2/c1-12-7-8-23-16(9-12)20-17(19(2,3)4)18(23)22-21-13-5-6-14-15(10-13)25-11-24-14/h5-10H,11H2,1-4H3. The second-order valence-corrected chi connectivity index (χ2v) is 7.20. The molecule has 0 unspecified atom stereocenters. The fourth-order valence-corrected chi connectivity index (χ4v) is 2.78. The van der Waals surface area contributed by atoms with Crippen LogP contribution in [0.2, 0.25) is 0 Å². The molecule has 3 aromatic rings. The Balaban J connectivity index is 1.80. The molecule has 1 aliphatic heterocycles. The number of pyridine rings is 1. The fraction of sp³-hybridized carbons (Fsp3) is 0.316. The predicted octanol–water partition coefficient (Wildman–Crippen LogP) is 5.08. The van der Waals surface area contributed by atoms with Crippen molar-refractivity contribution in [2.75, 3.05) is 6.79 Å². The van der Waals surface area contributed by atoms with Crippen LogP contribution < -0.4 is 9.47 Å². The lowest BCUT2D eigenvalue weighted by molar-refractivity contribution is 0.174. The lowest BCUT2D eigenvalue weighted by Gasteiger charge is -2.15. The van der Waals surface area contributed by atoms with Gasteiger partial charge in [0, 0.05) is 17.7 Å². The maximum atomic E-state index is 5.40. The average molecular weight is 336 g/mol. The summed E-state index contributed by atoms with van der Waals surface area (Å²) in [6.45, 7) is 8.68. The number of nitrogens with zero attached hydrogens (tertiary/aromatic N) is 4. The molecule has 2 aromatic heterocycles. The molecule has 0 aliphatic carbocycles. The van der Waals surface area contributed by atoms with Crippen LogP contribution in [0.3, 0.4) is 0 Å². The second-order valence-electron chi connectivity index (χ2n) is 7.20. The number of azo groups is 1. The highest BCUT2D eigenvalue weighted by Gasteiger charge is 2.24. The Hall–Kier alpha value is -2.89. The van der Waals surface area contributed by atoms with Crippen molar-refractivity contribution in [2.45, 2.75) is 33.1 Å². The SMILES string of the molecule is Cc1ccn2c(N=Nc3ccc4c(c3)OCO4)c(C(C)(C)C)nc2c1. The molecular formula is C19H20N4O2. The lowest BCUT2D eigenvalue weighted by atomic mass is 9.92. The number of hydrogen-bond donors (Lipinski definition) is 0. The number of fused-ring (bicyclic) bond motifs is 2. The Labute approximate surface area is 146 Å². The van der Waals surface area contributed by atoms with Crippen molar-refractivity contribution in [3.8, 4) is 11.5 Å². The van der Waals surface area contributed by atoms with Gasteiger partial charge in [-0.15, -0.1) is 10.2 Å². The molecule has 0 bridgehead atoms. The first kappa shape index (κ1) is 15.6. The van der Waals surface area contributed by atoms with Crippen LogP contribution in [0.25, 0.3) is 5.65 Å². The van der Waals surface area contributed by atoms with Crippen LogP contribution in [-0.4, -0.2) is 16.2 Å². The van der Waals surface area contributed by atoms with E-state index < -0.39 is 0 Å². The zero-order valence-corrected chi connectivity index (χ0v) is 14.8. The summed E-state index contributed by atoms with van der Waals surface area (Å²) < 4.78 is 12.7. The first-order valence-corrected chi connectivity index (χ1v) is 8.22. The van der Waals surface area contributed by atoms with E-state index in [-0.39, 0.29) is 12.2 Å². The van der Waals surface area contributed by atoms with Gasteiger partial charge in [-0.3, -0.25) is 4.40 Å². The molecule has 3 heterocycles. The quantitative estimate of drug-likeness (QED) is 0.613. The average Bonchev–Trinajstić information content (AvgIpc) is 3.15. The van der Waals surface area contributed by atoms with Gasteiger partial charge in [-0.05, 0) is 36.8 Å². The van der Waals surface area contributed by atoms with Crippen molar-refractivity contribution >= 4 is 17.2 Å². The maximum Gasteiger partial charge on any atom is 0.231 e. The number of aryl methyl sites for hydroxylation is 1. The molecule has 25 heavy (non-hydrogen) atoms. The third-order valence-corrected chi connectivity index (χ3v) is 4.08. The minimum Gasteiger partial charge on any atom is -0.454 e. The van der Waals surface area contributed by atoms with E-state index in [0.717, 1.165) is 28.5 Å². The number of benzene rings is 1. The Morgan fingerprint density at radius 3 is 2.64 bits per heavy atom. The molecule has 128 valence electrons. The number of ether oxygens (including phenoxy) is 2. The van der Waals surface area contributed by atoms with E-state index >= 15 is 0 Å². The molecule has 6 nitrogen and oxygen atoms in total. The van der Waals surface area contributed by atoms with E-state index in [9.17, 15) is 0 Å². The highest BCUT2D eigenvalue weighted by atomic mass is 16.7. The van der Waals surface area contributed by atoms with Gasteiger partial charge in [0.05, 0.1) is 11.4 Å². The maximum absolute atomic E-state index is 5.40. The summed E-state index contributed by atoms with van der Waals surface area (Å²) in [7, 11) is 0. The number of aromatic nitrogens is 2. The van der Waals surface area contributed by atoms with Crippen LogP contribution in [0.5, 0.6) is 11.5 Å². The van der Waals surface area contributed by atoms with Crippen LogP contribution >= 0.6 is 0 Å². The van der Waals surface area contributed by atoms with Crippen LogP contribution in [0.1, 0.15) is 32.0 Å². The normalized spacial score (nSPS) is 13.9. The van der Waals surface area contributed by atoms with E-state index in [2.05, 4.69) is 44.0 Å². The summed E-state index contributed by atoms with van der Waals surface area (Å²) >= 11 is 0. The topological polar surface area (TPSA) is 60.5 Å². The number of imidazole rings is 1. The summed E-state index contributed by atoms with van der Waals surface area (Å²) in [5.41, 5.74) is 3.54. The molecule has 0 saturated carbocycles. The molecule has 1 aliphatic rings. The third-order valence-electron chi connectivity index (χ3n) is 4.08. The van der Waals surface area contributed by atoms with E-state index in [1.165, 1.54) is 0 Å². The zero-order chi connectivity index (χ0) is 17.6. The molecule has 6 heteroatoms. The van der Waals surface area contributed by atoms with Crippen molar-refractivity contribution in [1.82, 2.24) is 9.38 Å². The first-order chi connectivity index (χ1) is 11.9. The van der Waals surface area contributed by atoms with Crippen LogP contribution in [0.4, 0.5) is 11.5 Å². The van der Waals surface area contributed by atoms with E-state index in [1.807, 2.05) is 34.9 Å². The molecule has 0 amide bonds. The number of rotatable bonds is 2. The monoisotopic (exact) mass is 336 g/mol. The summed E-state index contributed by atoms with van der Waals surface area (Å²) in [6, 6.07) is 9.63. The smallest absolute Gasteiger partial charge is 0.231 e. The van der Waals surface area contributed by atoms with Gasteiger partial charge in [-0.25, -0.2) is 4.98 Å². The van der Waals surface area contributed by atoms with Gasteiger partial charge < -0.3 is 9.47 Å². The Kier molecular flexibility index (Phi) is 3.49. The molecule has 4 rings (SSSR count). The second kappa shape index (κ2) is 5.58. The molecule has 0 fully saturated rings. The predicted molar refractivity (Wildman–Crippen MR) is 95.4 cm³/mol. The molecule has 0 spiro atoms. The summed E-state index contributed by atoms with van der Waals surface area (Å²) in [6.07, 6.45) is 1.99. The zero-order valence-electron chi connectivity index (χ0n) is 14.8. The number of hydrogen-bond acceptors (Lipinski definition) is 5. The van der Waals surface area contributed by atoms with Gasteiger partial charge in [0.25, 0.3) is 0 Å². The van der Waals surface area contributed by atoms with Crippen LogP contribution in [0, 0.1) is 6.92 Å². The third kappa shape index (κ3) is 2.84. The van der Waals surface area contributed by atoms with Gasteiger partial charge in [0.2, 0.25) is 6.79 Å². The minimum absolute atomic E-state index is 0.136. The van der Waals surface area contributed by atoms with Crippen LogP contribution in [0.15, 0.2) is 46.8 Å². The van der Waals surface area contributed by atoms with Gasteiger partial charge >= 0.3 is 0 Å². The molecule has 0 saturated heterocycles. The molecule has 1 aromatic carbocycles. The Morgan fingerprint density at radius 1 is 1.04 bits per heavy atom. The molecular weight excluding hydrogens is 316 g/mol. The van der Waals surface area contributed by atoms with Crippen LogP contribution in [-0.2, 0) is 5.41 Å². The van der Waals surface area contributed by atoms with Gasteiger partial charge in [0.15, 0.2) is 17.3 Å². The van der Waals surface area contributed by atoms with Gasteiger partial charge in [-0.1, -0.05) is 20.8 Å². The van der Waals surface area contributed by atoms with Gasteiger partial charge in [-0.2, -0.15) is 0 Å². The highest BCUT2D eigenvalue weighted by molar-refractivity contribution is 5.56. The molecule has 0 N–H and O–H groups in total. The Bertz CT molecular complexity index is 983. The van der Waals surface area contributed by atoms with Crippen molar-refractivity contribution in [1.29, 1.82) is 0 Å². The van der Waals surface area contributed by atoms with E-state index in [0.29, 0.717) is 11.4 Å². The summed E-state index contributed by atoms with van der Waals surface area (Å²) in [5.74, 6) is 2.18. The largest absolute Gasteiger partial charge is 0.454 e. The first-order valence-electron chi connectivity index (χ1n) is 8.22. The van der Waals surface area contributed by atoms with Crippen molar-refractivity contribution in [3.05, 3.63) is 47.8 Å². The van der Waals surface area contributed by atoms with Crippen molar-refractivity contribution in [3.63, 3.8) is 0 Å². The van der Waals surface area contributed by atoms with Gasteiger partial charge in [0.1, 0.15) is 5.65 Å². The van der Waals surface area contributed by atoms with Crippen molar-refractivity contribution < 1.29 is 9.47 Å². The van der Waals surface area contributed by atoms with E-state index in [4.69, 9.17) is 14.5 Å². The highest BCUT2D eigenvalue weighted by Crippen LogP contribution is 2.37. The lowest BCUT2D eigenvalue weighted by Crippen LogP contribution is -2.11. The molecule has 0 radical (unpaired) electrons. The Morgan fingerprint density at radius 2 is 1.84 bits per heavy atom. The molecule has 0 atom stereocenters. The summed E-state index contributed by atoms with van der Waals surface area (Å²) in [4.78, 5) is 4.78.